The van der Waals surface area contributed by atoms with Crippen LogP contribution < -0.4 is 10.2 Å². The highest BCUT2D eigenvalue weighted by atomic mass is 16.2. The molecule has 0 bridgehead atoms. The number of aryl methyl sites for hydroxylation is 1. The third-order valence-corrected chi connectivity index (χ3v) is 3.36. The van der Waals surface area contributed by atoms with Gasteiger partial charge in [0.05, 0.1) is 6.54 Å². The summed E-state index contributed by atoms with van der Waals surface area (Å²) in [5.74, 6) is 0.870. The Morgan fingerprint density at radius 1 is 1.33 bits per heavy atom. The molecule has 1 aromatic rings. The van der Waals surface area contributed by atoms with E-state index in [2.05, 4.69) is 37.4 Å². The number of carbonyl (C=O) groups is 1. The van der Waals surface area contributed by atoms with E-state index in [9.17, 15) is 4.79 Å². The number of para-hydroxylation sites is 1. The number of anilines is 1. The molecule has 1 saturated heterocycles. The summed E-state index contributed by atoms with van der Waals surface area (Å²) in [6.07, 6.45) is 2.21. The molecule has 1 aromatic carbocycles. The Labute approximate surface area is 109 Å². The highest BCUT2D eigenvalue weighted by molar-refractivity contribution is 5.96. The molecule has 1 aliphatic heterocycles. The first-order valence-electron chi connectivity index (χ1n) is 6.77. The van der Waals surface area contributed by atoms with E-state index in [1.54, 1.807) is 0 Å². The van der Waals surface area contributed by atoms with Crippen molar-refractivity contribution in [1.82, 2.24) is 5.32 Å². The van der Waals surface area contributed by atoms with E-state index in [1.807, 2.05) is 11.0 Å². The molecule has 3 heteroatoms. The fourth-order valence-electron chi connectivity index (χ4n) is 2.29. The minimum Gasteiger partial charge on any atom is -0.310 e. The molecule has 1 heterocycles. The second-order valence-corrected chi connectivity index (χ2v) is 5.28. The first kappa shape index (κ1) is 13.1. The molecule has 0 unspecified atom stereocenters. The van der Waals surface area contributed by atoms with Gasteiger partial charge in [0.25, 0.3) is 0 Å². The lowest BCUT2D eigenvalue weighted by atomic mass is 10.0. The van der Waals surface area contributed by atoms with Crippen LogP contribution in [0.4, 0.5) is 5.69 Å². The summed E-state index contributed by atoms with van der Waals surface area (Å²) in [7, 11) is 0. The molecule has 0 atom stereocenters. The molecular formula is C15H22N2O. The second-order valence-electron chi connectivity index (χ2n) is 5.28. The number of amides is 1. The summed E-state index contributed by atoms with van der Waals surface area (Å²) in [4.78, 5) is 13.9. The SMILES string of the molecule is CC(C)CCc1ccccc1N1CCNCC1=O. The molecule has 98 valence electrons. The summed E-state index contributed by atoms with van der Waals surface area (Å²) in [5.41, 5.74) is 2.39. The van der Waals surface area contributed by atoms with E-state index in [1.165, 1.54) is 5.56 Å². The van der Waals surface area contributed by atoms with E-state index >= 15 is 0 Å². The van der Waals surface area contributed by atoms with Crippen molar-refractivity contribution in [3.63, 3.8) is 0 Å². The lowest BCUT2D eigenvalue weighted by Crippen LogP contribution is -2.48. The predicted molar refractivity (Wildman–Crippen MR) is 74.8 cm³/mol. The molecule has 1 fully saturated rings. The third-order valence-electron chi connectivity index (χ3n) is 3.36. The Kier molecular flexibility index (Phi) is 4.37. The van der Waals surface area contributed by atoms with Crippen LogP contribution in [0.15, 0.2) is 24.3 Å². The fraction of sp³-hybridized carbons (Fsp3) is 0.533. The van der Waals surface area contributed by atoms with E-state index < -0.39 is 0 Å². The zero-order valence-corrected chi connectivity index (χ0v) is 11.3. The summed E-state index contributed by atoms with van der Waals surface area (Å²) in [5, 5.41) is 3.11. The van der Waals surface area contributed by atoms with Crippen molar-refractivity contribution < 1.29 is 4.79 Å². The number of hydrogen-bond acceptors (Lipinski definition) is 2. The van der Waals surface area contributed by atoms with E-state index in [-0.39, 0.29) is 5.91 Å². The highest BCUT2D eigenvalue weighted by Crippen LogP contribution is 2.23. The first-order chi connectivity index (χ1) is 8.68. The first-order valence-corrected chi connectivity index (χ1v) is 6.77. The number of benzene rings is 1. The minimum atomic E-state index is 0.179. The molecule has 1 aliphatic rings. The monoisotopic (exact) mass is 246 g/mol. The maximum Gasteiger partial charge on any atom is 0.240 e. The normalized spacial score (nSPS) is 16.4. The largest absolute Gasteiger partial charge is 0.310 e. The van der Waals surface area contributed by atoms with E-state index in [0.29, 0.717) is 12.5 Å². The lowest BCUT2D eigenvalue weighted by molar-refractivity contribution is -0.118. The van der Waals surface area contributed by atoms with Gasteiger partial charge in [-0.25, -0.2) is 0 Å². The van der Waals surface area contributed by atoms with E-state index in [0.717, 1.165) is 31.6 Å². The number of nitrogens with one attached hydrogen (secondary N) is 1. The predicted octanol–water partition coefficient (Wildman–Crippen LogP) is 2.21. The Morgan fingerprint density at radius 2 is 2.11 bits per heavy atom. The number of piperazine rings is 1. The van der Waals surface area contributed by atoms with Crippen molar-refractivity contribution in [2.24, 2.45) is 5.92 Å². The van der Waals surface area contributed by atoms with Crippen LogP contribution in [0.25, 0.3) is 0 Å². The Balaban J connectivity index is 2.18. The van der Waals surface area contributed by atoms with Crippen LogP contribution in [-0.2, 0) is 11.2 Å². The molecular weight excluding hydrogens is 224 g/mol. The van der Waals surface area contributed by atoms with Crippen LogP contribution in [0, 0.1) is 5.92 Å². The molecule has 0 saturated carbocycles. The molecule has 2 rings (SSSR count). The molecule has 1 N–H and O–H groups in total. The van der Waals surface area contributed by atoms with Crippen molar-refractivity contribution >= 4 is 11.6 Å². The minimum absolute atomic E-state index is 0.179. The van der Waals surface area contributed by atoms with Crippen LogP contribution in [0.5, 0.6) is 0 Å². The standard InChI is InChI=1S/C15H22N2O/c1-12(2)7-8-13-5-3-4-6-14(13)17-10-9-16-11-15(17)18/h3-6,12,16H,7-11H2,1-2H3. The van der Waals surface area contributed by atoms with Gasteiger partial charge < -0.3 is 10.2 Å². The van der Waals surface area contributed by atoms with Gasteiger partial charge in [0.1, 0.15) is 0 Å². The van der Waals surface area contributed by atoms with E-state index in [4.69, 9.17) is 0 Å². The number of carbonyl (C=O) groups excluding carboxylic acids is 1. The van der Waals surface area contributed by atoms with Crippen LogP contribution in [0.2, 0.25) is 0 Å². The van der Waals surface area contributed by atoms with Gasteiger partial charge in [-0.15, -0.1) is 0 Å². The summed E-state index contributed by atoms with van der Waals surface area (Å²) in [6, 6.07) is 8.29. The quantitative estimate of drug-likeness (QED) is 0.883. The van der Waals surface area contributed by atoms with Crippen LogP contribution in [-0.4, -0.2) is 25.5 Å². The summed E-state index contributed by atoms with van der Waals surface area (Å²) < 4.78 is 0. The number of hydrogen-bond donors (Lipinski definition) is 1. The summed E-state index contributed by atoms with van der Waals surface area (Å²) >= 11 is 0. The van der Waals surface area contributed by atoms with Gasteiger partial charge in [-0.05, 0) is 30.4 Å². The molecule has 1 amide bonds. The van der Waals surface area contributed by atoms with Gasteiger partial charge in [-0.1, -0.05) is 32.0 Å². The van der Waals surface area contributed by atoms with Crippen molar-refractivity contribution in [1.29, 1.82) is 0 Å². The Morgan fingerprint density at radius 3 is 2.83 bits per heavy atom. The molecule has 0 aliphatic carbocycles. The van der Waals surface area contributed by atoms with Crippen molar-refractivity contribution in [2.75, 3.05) is 24.5 Å². The van der Waals surface area contributed by atoms with Crippen LogP contribution >= 0.6 is 0 Å². The number of rotatable bonds is 4. The van der Waals surface area contributed by atoms with Gasteiger partial charge in [0.15, 0.2) is 0 Å². The zero-order valence-electron chi connectivity index (χ0n) is 11.3. The smallest absolute Gasteiger partial charge is 0.240 e. The van der Waals surface area contributed by atoms with Crippen molar-refractivity contribution in [2.45, 2.75) is 26.7 Å². The second kappa shape index (κ2) is 6.01. The van der Waals surface area contributed by atoms with Gasteiger partial charge in [0.2, 0.25) is 5.91 Å². The van der Waals surface area contributed by atoms with Crippen LogP contribution in [0.1, 0.15) is 25.8 Å². The van der Waals surface area contributed by atoms with Gasteiger partial charge >= 0.3 is 0 Å². The van der Waals surface area contributed by atoms with Crippen LogP contribution in [0.3, 0.4) is 0 Å². The maximum absolute atomic E-state index is 11.9. The van der Waals surface area contributed by atoms with Crippen molar-refractivity contribution in [3.05, 3.63) is 29.8 Å². The number of nitrogens with zero attached hydrogens (tertiary/aromatic N) is 1. The topological polar surface area (TPSA) is 32.3 Å². The lowest BCUT2D eigenvalue weighted by Gasteiger charge is -2.29. The molecule has 18 heavy (non-hydrogen) atoms. The van der Waals surface area contributed by atoms with Gasteiger partial charge in [0, 0.05) is 18.8 Å². The summed E-state index contributed by atoms with van der Waals surface area (Å²) in [6.45, 7) is 6.58. The third kappa shape index (κ3) is 3.10. The molecule has 0 radical (unpaired) electrons. The molecule has 3 nitrogen and oxygen atoms in total. The fourth-order valence-corrected chi connectivity index (χ4v) is 2.29. The van der Waals surface area contributed by atoms with Gasteiger partial charge in [-0.2, -0.15) is 0 Å². The highest BCUT2D eigenvalue weighted by Gasteiger charge is 2.21. The Bertz CT molecular complexity index is 415. The van der Waals surface area contributed by atoms with Crippen molar-refractivity contribution in [3.8, 4) is 0 Å². The average molecular weight is 246 g/mol. The maximum atomic E-state index is 11.9. The molecule has 0 aromatic heterocycles. The average Bonchev–Trinajstić information content (AvgIpc) is 2.37. The zero-order chi connectivity index (χ0) is 13.0. The molecule has 0 spiro atoms. The Hall–Kier alpha value is -1.35. The van der Waals surface area contributed by atoms with Gasteiger partial charge in [-0.3, -0.25) is 4.79 Å².